The molecule has 2 aromatic rings. The highest BCUT2D eigenvalue weighted by molar-refractivity contribution is 7.17. The first kappa shape index (κ1) is 15.5. The quantitative estimate of drug-likeness (QED) is 0.757. The molecule has 0 saturated heterocycles. The van der Waals surface area contributed by atoms with E-state index in [1.165, 1.54) is 11.3 Å². The van der Waals surface area contributed by atoms with Crippen molar-refractivity contribution >= 4 is 17.1 Å². The van der Waals surface area contributed by atoms with E-state index >= 15 is 0 Å². The zero-order chi connectivity index (χ0) is 15.4. The minimum atomic E-state index is 0.0523. The summed E-state index contributed by atoms with van der Waals surface area (Å²) < 4.78 is 11.1. The molecule has 1 aromatic carbocycles. The van der Waals surface area contributed by atoms with Crippen molar-refractivity contribution in [3.8, 4) is 22.1 Å². The van der Waals surface area contributed by atoms with Crippen LogP contribution in [0.3, 0.4) is 0 Å². The summed E-state index contributed by atoms with van der Waals surface area (Å²) in [5.41, 5.74) is 1.70. The maximum absolute atomic E-state index is 11.7. The summed E-state index contributed by atoms with van der Waals surface area (Å²) in [5, 5.41) is 0.791. The summed E-state index contributed by atoms with van der Waals surface area (Å²) in [5.74, 6) is 1.40. The number of nitrogens with zero attached hydrogens (tertiary/aromatic N) is 1. The molecule has 112 valence electrons. The van der Waals surface area contributed by atoms with Crippen LogP contribution in [-0.4, -0.2) is 24.5 Å². The first-order chi connectivity index (χ1) is 10.1. The van der Waals surface area contributed by atoms with Gasteiger partial charge in [0.05, 0.1) is 29.9 Å². The number of carbonyl (C=O) groups excluding carboxylic acids is 1. The van der Waals surface area contributed by atoms with Crippen LogP contribution >= 0.6 is 11.3 Å². The molecule has 1 heterocycles. The number of methoxy groups -OCH3 is 1. The van der Waals surface area contributed by atoms with Gasteiger partial charge in [-0.1, -0.05) is 13.0 Å². The number of benzene rings is 1. The minimum absolute atomic E-state index is 0.0523. The van der Waals surface area contributed by atoms with Crippen LogP contribution < -0.4 is 9.47 Å². The molecule has 0 aliphatic carbocycles. The molecule has 0 atom stereocenters. The number of hydrogen-bond donors (Lipinski definition) is 0. The number of hydrogen-bond acceptors (Lipinski definition) is 5. The second-order valence-corrected chi connectivity index (χ2v) is 5.47. The summed E-state index contributed by atoms with van der Waals surface area (Å²) in [6, 6.07) is 5.70. The van der Waals surface area contributed by atoms with Gasteiger partial charge in [-0.2, -0.15) is 0 Å². The van der Waals surface area contributed by atoms with Gasteiger partial charge in [-0.3, -0.25) is 4.79 Å². The molecule has 0 N–H and O–H groups in total. The zero-order valence-corrected chi connectivity index (χ0v) is 13.5. The van der Waals surface area contributed by atoms with E-state index in [0.29, 0.717) is 18.1 Å². The van der Waals surface area contributed by atoms with Crippen molar-refractivity contribution in [2.75, 3.05) is 13.7 Å². The minimum Gasteiger partial charge on any atom is -0.493 e. The Labute approximate surface area is 128 Å². The number of ether oxygens (including phenoxy) is 2. The van der Waals surface area contributed by atoms with E-state index in [4.69, 9.17) is 9.47 Å². The summed E-state index contributed by atoms with van der Waals surface area (Å²) in [6.45, 7) is 6.04. The van der Waals surface area contributed by atoms with Gasteiger partial charge in [0.1, 0.15) is 5.01 Å². The highest BCUT2D eigenvalue weighted by Gasteiger charge is 2.19. The highest BCUT2D eigenvalue weighted by Crippen LogP contribution is 2.40. The summed E-state index contributed by atoms with van der Waals surface area (Å²) in [7, 11) is 1.61. The predicted molar refractivity (Wildman–Crippen MR) is 84.7 cm³/mol. The molecule has 0 saturated carbocycles. The van der Waals surface area contributed by atoms with Crippen molar-refractivity contribution in [1.82, 2.24) is 4.98 Å². The molecule has 4 nitrogen and oxygen atoms in total. The lowest BCUT2D eigenvalue weighted by Gasteiger charge is -2.12. The van der Waals surface area contributed by atoms with Crippen molar-refractivity contribution in [1.29, 1.82) is 0 Å². The molecule has 0 spiro atoms. The average Bonchev–Trinajstić information content (AvgIpc) is 2.92. The number of aromatic nitrogens is 1. The van der Waals surface area contributed by atoms with E-state index in [0.717, 1.165) is 27.6 Å². The monoisotopic (exact) mass is 305 g/mol. The second kappa shape index (κ2) is 6.72. The number of aryl methyl sites for hydroxylation is 1. The van der Waals surface area contributed by atoms with Gasteiger partial charge in [-0.05, 0) is 25.5 Å². The van der Waals surface area contributed by atoms with Crippen molar-refractivity contribution < 1.29 is 14.3 Å². The lowest BCUT2D eigenvalue weighted by atomic mass is 10.2. The number of thiazole rings is 1. The molecule has 0 amide bonds. The number of Topliss-reactive ketones (excluding diaryl/α,β-unsaturated/α-hetero) is 1. The zero-order valence-electron chi connectivity index (χ0n) is 12.7. The fourth-order valence-corrected chi connectivity index (χ4v) is 3.19. The SMILES string of the molecule is CCOc1c(OC)cccc1-c1nc(CC)c(C(C)=O)s1. The maximum atomic E-state index is 11.7. The second-order valence-electron chi connectivity index (χ2n) is 4.47. The van der Waals surface area contributed by atoms with E-state index in [-0.39, 0.29) is 5.78 Å². The van der Waals surface area contributed by atoms with Crippen LogP contribution in [0.1, 0.15) is 36.1 Å². The Bertz CT molecular complexity index is 649. The first-order valence-electron chi connectivity index (χ1n) is 6.93. The molecule has 0 bridgehead atoms. The van der Waals surface area contributed by atoms with Gasteiger partial charge in [-0.15, -0.1) is 11.3 Å². The summed E-state index contributed by atoms with van der Waals surface area (Å²) in [6.07, 6.45) is 0.735. The van der Waals surface area contributed by atoms with Gasteiger partial charge in [0.2, 0.25) is 0 Å². The Hall–Kier alpha value is -1.88. The largest absolute Gasteiger partial charge is 0.493 e. The van der Waals surface area contributed by atoms with Crippen LogP contribution in [0.5, 0.6) is 11.5 Å². The summed E-state index contributed by atoms with van der Waals surface area (Å²) >= 11 is 1.41. The van der Waals surface area contributed by atoms with E-state index in [1.807, 2.05) is 32.0 Å². The molecule has 5 heteroatoms. The first-order valence-corrected chi connectivity index (χ1v) is 7.74. The van der Waals surface area contributed by atoms with Crippen LogP contribution in [0.25, 0.3) is 10.6 Å². The fraction of sp³-hybridized carbons (Fsp3) is 0.375. The molecule has 0 fully saturated rings. The third-order valence-electron chi connectivity index (χ3n) is 3.07. The normalized spacial score (nSPS) is 10.5. The Kier molecular flexibility index (Phi) is 4.96. The summed E-state index contributed by atoms with van der Waals surface area (Å²) in [4.78, 5) is 17.0. The highest BCUT2D eigenvalue weighted by atomic mass is 32.1. The smallest absolute Gasteiger partial charge is 0.171 e. The number of ketones is 1. The van der Waals surface area contributed by atoms with Crippen LogP contribution in [0.15, 0.2) is 18.2 Å². The Morgan fingerprint density at radius 3 is 2.62 bits per heavy atom. The Balaban J connectivity index is 2.58. The van der Waals surface area contributed by atoms with Gasteiger partial charge in [0, 0.05) is 6.92 Å². The fourth-order valence-electron chi connectivity index (χ4n) is 2.12. The topological polar surface area (TPSA) is 48.4 Å². The predicted octanol–water partition coefficient (Wildman–Crippen LogP) is 3.98. The molecule has 0 aliphatic heterocycles. The lowest BCUT2D eigenvalue weighted by Crippen LogP contribution is -1.97. The molecule has 21 heavy (non-hydrogen) atoms. The van der Waals surface area contributed by atoms with Crippen LogP contribution in [-0.2, 0) is 6.42 Å². The molecule has 0 radical (unpaired) electrons. The number of rotatable bonds is 6. The van der Waals surface area contributed by atoms with Gasteiger partial charge in [0.15, 0.2) is 17.3 Å². The van der Waals surface area contributed by atoms with Crippen molar-refractivity contribution in [3.63, 3.8) is 0 Å². The van der Waals surface area contributed by atoms with Gasteiger partial charge >= 0.3 is 0 Å². The number of carbonyl (C=O) groups is 1. The Morgan fingerprint density at radius 2 is 2.10 bits per heavy atom. The molecule has 0 aliphatic rings. The third-order valence-corrected chi connectivity index (χ3v) is 4.30. The molecular weight excluding hydrogens is 286 g/mol. The number of para-hydroxylation sites is 1. The van der Waals surface area contributed by atoms with Crippen molar-refractivity contribution in [2.24, 2.45) is 0 Å². The van der Waals surface area contributed by atoms with Crippen molar-refractivity contribution in [2.45, 2.75) is 27.2 Å². The van der Waals surface area contributed by atoms with E-state index in [1.54, 1.807) is 14.0 Å². The molecular formula is C16H19NO3S. The molecule has 1 aromatic heterocycles. The van der Waals surface area contributed by atoms with E-state index < -0.39 is 0 Å². The average molecular weight is 305 g/mol. The third kappa shape index (κ3) is 3.08. The van der Waals surface area contributed by atoms with Crippen molar-refractivity contribution in [3.05, 3.63) is 28.8 Å². The molecule has 0 unspecified atom stereocenters. The van der Waals surface area contributed by atoms with E-state index in [2.05, 4.69) is 4.98 Å². The van der Waals surface area contributed by atoms with Gasteiger partial charge in [-0.25, -0.2) is 4.98 Å². The van der Waals surface area contributed by atoms with Crippen LogP contribution in [0.4, 0.5) is 0 Å². The van der Waals surface area contributed by atoms with Crippen LogP contribution in [0, 0.1) is 0 Å². The Morgan fingerprint density at radius 1 is 1.33 bits per heavy atom. The van der Waals surface area contributed by atoms with Crippen LogP contribution in [0.2, 0.25) is 0 Å². The maximum Gasteiger partial charge on any atom is 0.171 e. The molecule has 2 rings (SSSR count). The van der Waals surface area contributed by atoms with Gasteiger partial charge < -0.3 is 9.47 Å². The standard InChI is InChI=1S/C16H19NO3S/c1-5-12-15(10(3)18)21-16(17-12)11-8-7-9-13(19-4)14(11)20-6-2/h7-9H,5-6H2,1-4H3. The van der Waals surface area contributed by atoms with Gasteiger partial charge in [0.25, 0.3) is 0 Å². The van der Waals surface area contributed by atoms with E-state index in [9.17, 15) is 4.79 Å². The lowest BCUT2D eigenvalue weighted by molar-refractivity contribution is 0.102.